The van der Waals surface area contributed by atoms with Crippen LogP contribution in [-0.4, -0.2) is 8.32 Å². The van der Waals surface area contributed by atoms with Gasteiger partial charge in [-0.3, -0.25) is 0 Å². The van der Waals surface area contributed by atoms with Gasteiger partial charge in [-0.1, -0.05) is 38.1 Å². The van der Waals surface area contributed by atoms with Crippen molar-refractivity contribution in [2.24, 2.45) is 5.92 Å². The van der Waals surface area contributed by atoms with Crippen LogP contribution in [0, 0.1) is 17.2 Å². The van der Waals surface area contributed by atoms with Crippen molar-refractivity contribution in [3.05, 3.63) is 35.4 Å². The van der Waals surface area contributed by atoms with E-state index in [0.717, 1.165) is 12.0 Å². The van der Waals surface area contributed by atoms with Crippen molar-refractivity contribution in [1.29, 1.82) is 5.26 Å². The molecule has 0 amide bonds. The SMILES string of the molecule is CC(C)Cc1ccc(C(C#N)O[Si](C)(C)C)cc1. The molecule has 0 aromatic heterocycles. The second kappa shape index (κ2) is 6.17. The van der Waals surface area contributed by atoms with E-state index in [9.17, 15) is 5.26 Å². The predicted molar refractivity (Wildman–Crippen MR) is 77.8 cm³/mol. The summed E-state index contributed by atoms with van der Waals surface area (Å²) in [5.74, 6) is 0.654. The molecule has 0 aliphatic carbocycles. The van der Waals surface area contributed by atoms with Gasteiger partial charge in [0.2, 0.25) is 0 Å². The van der Waals surface area contributed by atoms with Gasteiger partial charge in [-0.2, -0.15) is 5.26 Å². The fraction of sp³-hybridized carbons (Fsp3) is 0.533. The molecule has 0 bridgehead atoms. The van der Waals surface area contributed by atoms with Crippen molar-refractivity contribution in [2.45, 2.75) is 46.0 Å². The zero-order chi connectivity index (χ0) is 13.8. The lowest BCUT2D eigenvalue weighted by Gasteiger charge is -2.22. The highest BCUT2D eigenvalue weighted by Gasteiger charge is 2.22. The van der Waals surface area contributed by atoms with E-state index < -0.39 is 14.4 Å². The van der Waals surface area contributed by atoms with Crippen LogP contribution in [0.15, 0.2) is 24.3 Å². The van der Waals surface area contributed by atoms with E-state index >= 15 is 0 Å². The molecule has 0 heterocycles. The minimum atomic E-state index is -1.69. The van der Waals surface area contributed by atoms with Crippen LogP contribution in [0.4, 0.5) is 0 Å². The summed E-state index contributed by atoms with van der Waals surface area (Å²) in [6, 6.07) is 10.5. The number of benzene rings is 1. The van der Waals surface area contributed by atoms with Gasteiger partial charge in [0.25, 0.3) is 0 Å². The highest BCUT2D eigenvalue weighted by atomic mass is 28.4. The Labute approximate surface area is 112 Å². The molecule has 0 fully saturated rings. The van der Waals surface area contributed by atoms with E-state index in [1.807, 2.05) is 12.1 Å². The summed E-state index contributed by atoms with van der Waals surface area (Å²) in [6.45, 7) is 10.7. The van der Waals surface area contributed by atoms with Gasteiger partial charge >= 0.3 is 0 Å². The fourth-order valence-corrected chi connectivity index (χ4v) is 2.72. The average molecular weight is 261 g/mol. The maximum absolute atomic E-state index is 9.20. The first kappa shape index (κ1) is 14.9. The monoisotopic (exact) mass is 261 g/mol. The second-order valence-electron chi connectivity index (χ2n) is 6.08. The zero-order valence-electron chi connectivity index (χ0n) is 12.0. The summed E-state index contributed by atoms with van der Waals surface area (Å²) in [5.41, 5.74) is 2.28. The molecular weight excluding hydrogens is 238 g/mol. The van der Waals surface area contributed by atoms with Crippen molar-refractivity contribution >= 4 is 8.32 Å². The molecule has 0 N–H and O–H groups in total. The van der Waals surface area contributed by atoms with Crippen molar-refractivity contribution in [3.63, 3.8) is 0 Å². The Balaban J connectivity index is 2.80. The summed E-state index contributed by atoms with van der Waals surface area (Å²) in [6.07, 6.45) is 0.650. The molecule has 0 saturated heterocycles. The molecule has 1 atom stereocenters. The van der Waals surface area contributed by atoms with Gasteiger partial charge in [-0.25, -0.2) is 0 Å². The van der Waals surface area contributed by atoms with E-state index in [-0.39, 0.29) is 0 Å². The molecule has 1 unspecified atom stereocenters. The summed E-state index contributed by atoms with van der Waals surface area (Å²) in [4.78, 5) is 0. The lowest BCUT2D eigenvalue weighted by Crippen LogP contribution is -2.27. The fourth-order valence-electron chi connectivity index (χ4n) is 1.82. The summed E-state index contributed by atoms with van der Waals surface area (Å²) in [5, 5.41) is 9.20. The predicted octanol–water partition coefficient (Wildman–Crippen LogP) is 4.30. The molecule has 1 aromatic rings. The van der Waals surface area contributed by atoms with Crippen LogP contribution in [0.3, 0.4) is 0 Å². The van der Waals surface area contributed by atoms with Crippen LogP contribution in [0.5, 0.6) is 0 Å². The summed E-state index contributed by atoms with van der Waals surface area (Å²) in [7, 11) is -1.69. The number of hydrogen-bond acceptors (Lipinski definition) is 2. The minimum absolute atomic E-state index is 0.426. The van der Waals surface area contributed by atoms with Gasteiger partial charge in [0.1, 0.15) is 0 Å². The number of hydrogen-bond donors (Lipinski definition) is 0. The number of nitriles is 1. The lowest BCUT2D eigenvalue weighted by molar-refractivity contribution is 0.255. The minimum Gasteiger partial charge on any atom is -0.399 e. The molecule has 0 spiro atoms. The highest BCUT2D eigenvalue weighted by Crippen LogP contribution is 2.22. The topological polar surface area (TPSA) is 33.0 Å². The van der Waals surface area contributed by atoms with Crippen molar-refractivity contribution < 1.29 is 4.43 Å². The average Bonchev–Trinajstić information content (AvgIpc) is 2.25. The second-order valence-corrected chi connectivity index (χ2v) is 10.5. The van der Waals surface area contributed by atoms with Crippen LogP contribution in [0.25, 0.3) is 0 Å². The van der Waals surface area contributed by atoms with E-state index in [1.54, 1.807) is 0 Å². The van der Waals surface area contributed by atoms with E-state index in [1.165, 1.54) is 5.56 Å². The quantitative estimate of drug-likeness (QED) is 0.740. The van der Waals surface area contributed by atoms with Crippen LogP contribution in [0.1, 0.15) is 31.1 Å². The zero-order valence-corrected chi connectivity index (χ0v) is 13.0. The molecule has 0 radical (unpaired) electrons. The van der Waals surface area contributed by atoms with Crippen LogP contribution < -0.4 is 0 Å². The number of nitrogens with zero attached hydrogens (tertiary/aromatic N) is 1. The maximum Gasteiger partial charge on any atom is 0.186 e. The Bertz CT molecular complexity index is 412. The highest BCUT2D eigenvalue weighted by molar-refractivity contribution is 6.69. The van der Waals surface area contributed by atoms with Gasteiger partial charge in [-0.05, 0) is 43.1 Å². The molecular formula is C15H23NOSi. The Morgan fingerprint density at radius 3 is 2.11 bits per heavy atom. The van der Waals surface area contributed by atoms with Gasteiger partial charge in [-0.15, -0.1) is 0 Å². The largest absolute Gasteiger partial charge is 0.399 e. The Morgan fingerprint density at radius 1 is 1.17 bits per heavy atom. The molecule has 0 aliphatic rings. The first-order valence-corrected chi connectivity index (χ1v) is 9.89. The van der Waals surface area contributed by atoms with Crippen LogP contribution >= 0.6 is 0 Å². The summed E-state index contributed by atoms with van der Waals surface area (Å²) >= 11 is 0. The number of rotatable bonds is 5. The van der Waals surface area contributed by atoms with Crippen molar-refractivity contribution in [3.8, 4) is 6.07 Å². The van der Waals surface area contributed by atoms with E-state index in [2.05, 4.69) is 51.7 Å². The molecule has 3 heteroatoms. The Hall–Kier alpha value is -1.11. The van der Waals surface area contributed by atoms with Gasteiger partial charge in [0.15, 0.2) is 14.4 Å². The smallest absolute Gasteiger partial charge is 0.186 e. The standard InChI is InChI=1S/C15H23NOSi/c1-12(2)10-13-6-8-14(9-7-13)15(11-16)17-18(3,4)5/h6-9,12,15H,10H2,1-5H3. The molecule has 98 valence electrons. The normalized spacial score (nSPS) is 13.4. The Kier molecular flexibility index (Phi) is 5.12. The van der Waals surface area contributed by atoms with E-state index in [4.69, 9.17) is 4.43 Å². The molecule has 2 nitrogen and oxygen atoms in total. The van der Waals surface area contributed by atoms with Crippen LogP contribution in [0.2, 0.25) is 19.6 Å². The third kappa shape index (κ3) is 5.03. The third-order valence-corrected chi connectivity index (χ3v) is 3.46. The van der Waals surface area contributed by atoms with E-state index in [0.29, 0.717) is 5.92 Å². The first-order chi connectivity index (χ1) is 8.31. The van der Waals surface area contributed by atoms with Crippen molar-refractivity contribution in [1.82, 2.24) is 0 Å². The molecule has 1 aromatic carbocycles. The third-order valence-electron chi connectivity index (χ3n) is 2.52. The molecule has 1 rings (SSSR count). The Morgan fingerprint density at radius 2 is 1.72 bits per heavy atom. The maximum atomic E-state index is 9.20. The molecule has 18 heavy (non-hydrogen) atoms. The van der Waals surface area contributed by atoms with Gasteiger partial charge < -0.3 is 4.43 Å². The van der Waals surface area contributed by atoms with Gasteiger partial charge in [0.05, 0.1) is 6.07 Å². The van der Waals surface area contributed by atoms with Gasteiger partial charge in [0, 0.05) is 0 Å². The lowest BCUT2D eigenvalue weighted by atomic mass is 10.0. The summed E-state index contributed by atoms with van der Waals surface area (Å²) < 4.78 is 5.87. The molecule has 0 saturated carbocycles. The first-order valence-electron chi connectivity index (χ1n) is 6.48. The van der Waals surface area contributed by atoms with Crippen LogP contribution in [-0.2, 0) is 10.8 Å². The van der Waals surface area contributed by atoms with Crippen molar-refractivity contribution in [2.75, 3.05) is 0 Å². The molecule has 0 aliphatic heterocycles.